The summed E-state index contributed by atoms with van der Waals surface area (Å²) < 4.78 is 39.6. The van der Waals surface area contributed by atoms with E-state index in [0.29, 0.717) is 5.92 Å². The molecule has 1 heterocycles. The van der Waals surface area contributed by atoms with Crippen LogP contribution in [0, 0.1) is 5.92 Å². The molecule has 3 rings (SSSR count). The molecule has 144 valence electrons. The summed E-state index contributed by atoms with van der Waals surface area (Å²) in [7, 11) is 0. The zero-order valence-electron chi connectivity index (χ0n) is 13.8. The second-order valence-corrected chi connectivity index (χ2v) is 6.92. The van der Waals surface area contributed by atoms with E-state index in [1.54, 1.807) is 6.07 Å². The second kappa shape index (κ2) is 9.65. The quantitative estimate of drug-likeness (QED) is 0.711. The van der Waals surface area contributed by atoms with E-state index in [-0.39, 0.29) is 35.9 Å². The third kappa shape index (κ3) is 5.39. The van der Waals surface area contributed by atoms with Gasteiger partial charge < -0.3 is 5.32 Å². The van der Waals surface area contributed by atoms with Gasteiger partial charge in [0, 0.05) is 32.2 Å². The van der Waals surface area contributed by atoms with E-state index in [9.17, 15) is 13.2 Å². The maximum Gasteiger partial charge on any atom is 0.417 e. The van der Waals surface area contributed by atoms with Crippen LogP contribution >= 0.6 is 36.4 Å². The van der Waals surface area contributed by atoms with Crippen molar-refractivity contribution in [3.05, 3.63) is 34.3 Å². The molecule has 1 N–H and O–H groups in total. The van der Waals surface area contributed by atoms with Crippen molar-refractivity contribution in [1.82, 2.24) is 10.2 Å². The van der Waals surface area contributed by atoms with Gasteiger partial charge in [0.25, 0.3) is 0 Å². The molecule has 0 aromatic heterocycles. The van der Waals surface area contributed by atoms with Crippen LogP contribution in [0.3, 0.4) is 0 Å². The van der Waals surface area contributed by atoms with Crippen LogP contribution < -0.4 is 5.32 Å². The Morgan fingerprint density at radius 3 is 2.24 bits per heavy atom. The van der Waals surface area contributed by atoms with E-state index in [1.165, 1.54) is 25.0 Å². The minimum absolute atomic E-state index is 0. The highest BCUT2D eigenvalue weighted by molar-refractivity contribution is 6.31. The number of nitrogens with one attached hydrogen (secondary N) is 1. The molecule has 2 fully saturated rings. The monoisotopic (exact) mass is 418 g/mol. The van der Waals surface area contributed by atoms with Gasteiger partial charge in [0.1, 0.15) is 0 Å². The summed E-state index contributed by atoms with van der Waals surface area (Å²) in [5, 5.41) is 3.10. The van der Waals surface area contributed by atoms with Crippen LogP contribution in [0.2, 0.25) is 5.02 Å². The predicted molar refractivity (Wildman–Crippen MR) is 100 cm³/mol. The molecule has 1 aromatic carbocycles. The minimum Gasteiger partial charge on any atom is -0.314 e. The van der Waals surface area contributed by atoms with Crippen molar-refractivity contribution in [3.8, 4) is 0 Å². The molecule has 0 spiro atoms. The number of alkyl halides is 3. The number of hydrogen-bond acceptors (Lipinski definition) is 2. The first-order valence-electron chi connectivity index (χ1n) is 8.28. The Morgan fingerprint density at radius 1 is 1.08 bits per heavy atom. The molecule has 1 saturated carbocycles. The van der Waals surface area contributed by atoms with Crippen molar-refractivity contribution < 1.29 is 13.2 Å². The highest BCUT2D eigenvalue weighted by Crippen LogP contribution is 2.42. The molecular formula is C17H24Cl3F3N2. The van der Waals surface area contributed by atoms with Crippen molar-refractivity contribution in [3.63, 3.8) is 0 Å². The van der Waals surface area contributed by atoms with E-state index >= 15 is 0 Å². The van der Waals surface area contributed by atoms with Crippen LogP contribution in [-0.2, 0) is 6.18 Å². The van der Waals surface area contributed by atoms with Gasteiger partial charge in [-0.2, -0.15) is 13.2 Å². The van der Waals surface area contributed by atoms with Crippen molar-refractivity contribution in [2.24, 2.45) is 5.92 Å². The van der Waals surface area contributed by atoms with E-state index < -0.39 is 11.7 Å². The molecular weight excluding hydrogens is 396 g/mol. The summed E-state index contributed by atoms with van der Waals surface area (Å²) in [6.45, 7) is 3.54. The van der Waals surface area contributed by atoms with Crippen molar-refractivity contribution in [2.75, 3.05) is 26.2 Å². The SMILES string of the molecule is Cl.Cl.FC(F)(F)c1cc([C@H](C2CCCC2)N2CCNCC2)ccc1Cl. The number of halogens is 6. The molecule has 25 heavy (non-hydrogen) atoms. The molecule has 1 aliphatic carbocycles. The molecule has 1 aromatic rings. The fraction of sp³-hybridized carbons (Fsp3) is 0.647. The summed E-state index contributed by atoms with van der Waals surface area (Å²) in [5.41, 5.74) is 0.0466. The van der Waals surface area contributed by atoms with Crippen molar-refractivity contribution in [1.29, 1.82) is 0 Å². The van der Waals surface area contributed by atoms with Crippen LogP contribution in [0.5, 0.6) is 0 Å². The molecule has 2 aliphatic rings. The smallest absolute Gasteiger partial charge is 0.314 e. The highest BCUT2D eigenvalue weighted by atomic mass is 35.5. The van der Waals surface area contributed by atoms with Gasteiger partial charge in [-0.05, 0) is 36.5 Å². The fourth-order valence-electron chi connectivity index (χ4n) is 3.96. The van der Waals surface area contributed by atoms with Gasteiger partial charge in [-0.15, -0.1) is 24.8 Å². The first kappa shape index (κ1) is 22.8. The fourth-order valence-corrected chi connectivity index (χ4v) is 4.18. The summed E-state index contributed by atoms with van der Waals surface area (Å²) in [6, 6.07) is 4.53. The molecule has 0 bridgehead atoms. The standard InChI is InChI=1S/C17H22ClF3N2.2ClH/c18-15-6-5-13(11-14(15)17(19,20)21)16(12-3-1-2-4-12)23-9-7-22-8-10-23;;/h5-6,11-12,16,22H,1-4,7-10H2;2*1H/t16-;;/m0../s1. The van der Waals surface area contributed by atoms with Crippen LogP contribution in [0.25, 0.3) is 0 Å². The van der Waals surface area contributed by atoms with E-state index in [2.05, 4.69) is 10.2 Å². The molecule has 0 amide bonds. The number of hydrogen-bond donors (Lipinski definition) is 1. The topological polar surface area (TPSA) is 15.3 Å². The van der Waals surface area contributed by atoms with Gasteiger partial charge in [0.05, 0.1) is 10.6 Å². The van der Waals surface area contributed by atoms with Gasteiger partial charge in [-0.25, -0.2) is 0 Å². The minimum atomic E-state index is -4.41. The Hall–Kier alpha value is -0.200. The second-order valence-electron chi connectivity index (χ2n) is 6.51. The number of nitrogens with zero attached hydrogens (tertiary/aromatic N) is 1. The molecule has 8 heteroatoms. The Morgan fingerprint density at radius 2 is 1.68 bits per heavy atom. The van der Waals surface area contributed by atoms with Crippen molar-refractivity contribution >= 4 is 36.4 Å². The molecule has 1 aliphatic heterocycles. The van der Waals surface area contributed by atoms with E-state index in [1.807, 2.05) is 0 Å². The van der Waals surface area contributed by atoms with Gasteiger partial charge in [0.2, 0.25) is 0 Å². The summed E-state index contributed by atoms with van der Waals surface area (Å²) in [4.78, 5) is 2.34. The normalized spacial score (nSPS) is 20.6. The first-order chi connectivity index (χ1) is 11.0. The first-order valence-corrected chi connectivity index (χ1v) is 8.66. The van der Waals surface area contributed by atoms with Crippen LogP contribution in [0.15, 0.2) is 18.2 Å². The maximum atomic E-state index is 13.2. The third-order valence-electron chi connectivity index (χ3n) is 5.03. The van der Waals surface area contributed by atoms with Crippen molar-refractivity contribution in [2.45, 2.75) is 37.9 Å². The zero-order chi connectivity index (χ0) is 16.4. The van der Waals surface area contributed by atoms with Crippen LogP contribution in [0.4, 0.5) is 13.2 Å². The van der Waals surface area contributed by atoms with E-state index in [4.69, 9.17) is 11.6 Å². The average Bonchev–Trinajstić information content (AvgIpc) is 3.03. The number of benzene rings is 1. The van der Waals surface area contributed by atoms with E-state index in [0.717, 1.165) is 44.6 Å². The molecule has 1 saturated heterocycles. The molecule has 2 nitrogen and oxygen atoms in total. The zero-order valence-corrected chi connectivity index (χ0v) is 16.2. The van der Waals surface area contributed by atoms with Gasteiger partial charge >= 0.3 is 6.18 Å². The lowest BCUT2D eigenvalue weighted by atomic mass is 9.89. The third-order valence-corrected chi connectivity index (χ3v) is 5.36. The Bertz CT molecular complexity index is 542. The number of piperazine rings is 1. The average molecular weight is 420 g/mol. The Labute approximate surface area is 164 Å². The predicted octanol–water partition coefficient (Wildman–Crippen LogP) is 5.34. The van der Waals surface area contributed by atoms with Gasteiger partial charge in [0.15, 0.2) is 0 Å². The van der Waals surface area contributed by atoms with Crippen LogP contribution in [0.1, 0.15) is 42.9 Å². The molecule has 1 atom stereocenters. The highest BCUT2D eigenvalue weighted by Gasteiger charge is 2.36. The summed E-state index contributed by atoms with van der Waals surface area (Å²) in [6.07, 6.45) is 0.133. The Kier molecular flexibility index (Phi) is 8.82. The summed E-state index contributed by atoms with van der Waals surface area (Å²) in [5.74, 6) is 0.440. The number of rotatable bonds is 3. The molecule has 0 radical (unpaired) electrons. The van der Waals surface area contributed by atoms with Gasteiger partial charge in [-0.1, -0.05) is 30.5 Å². The van der Waals surface area contributed by atoms with Crippen LogP contribution in [-0.4, -0.2) is 31.1 Å². The lowest BCUT2D eigenvalue weighted by molar-refractivity contribution is -0.137. The largest absolute Gasteiger partial charge is 0.417 e. The summed E-state index contributed by atoms with van der Waals surface area (Å²) >= 11 is 5.79. The lowest BCUT2D eigenvalue weighted by Gasteiger charge is -2.39. The Balaban J connectivity index is 0.00000156. The van der Waals surface area contributed by atoms with Gasteiger partial charge in [-0.3, -0.25) is 4.90 Å². The molecule has 0 unspecified atom stereocenters. The maximum absolute atomic E-state index is 13.2. The lowest BCUT2D eigenvalue weighted by Crippen LogP contribution is -2.46.